The van der Waals surface area contributed by atoms with Gasteiger partial charge in [0.05, 0.1) is 7.11 Å². The van der Waals surface area contributed by atoms with E-state index in [9.17, 15) is 0 Å². The maximum atomic E-state index is 6.08. The monoisotopic (exact) mass is 264 g/mol. The van der Waals surface area contributed by atoms with E-state index in [1.165, 1.54) is 12.0 Å². The van der Waals surface area contributed by atoms with E-state index < -0.39 is 0 Å². The van der Waals surface area contributed by atoms with Crippen molar-refractivity contribution in [1.29, 1.82) is 0 Å². The minimum absolute atomic E-state index is 0.243. The maximum absolute atomic E-state index is 6.08. The molecular formula is C15H24N2O2. The summed E-state index contributed by atoms with van der Waals surface area (Å²) in [5, 5.41) is 3.36. The van der Waals surface area contributed by atoms with E-state index in [1.807, 2.05) is 6.07 Å². The lowest BCUT2D eigenvalue weighted by Crippen LogP contribution is -2.37. The summed E-state index contributed by atoms with van der Waals surface area (Å²) in [6, 6.07) is 6.15. The van der Waals surface area contributed by atoms with Gasteiger partial charge in [-0.15, -0.1) is 0 Å². The van der Waals surface area contributed by atoms with Crippen LogP contribution in [-0.2, 0) is 6.42 Å². The second-order valence-corrected chi connectivity index (χ2v) is 4.96. The molecule has 0 aliphatic carbocycles. The second kappa shape index (κ2) is 7.36. The van der Waals surface area contributed by atoms with Gasteiger partial charge < -0.3 is 20.5 Å². The zero-order valence-corrected chi connectivity index (χ0v) is 11.7. The first-order valence-corrected chi connectivity index (χ1v) is 7.08. The van der Waals surface area contributed by atoms with Crippen molar-refractivity contribution < 1.29 is 9.47 Å². The number of ether oxygens (including phenoxy) is 2. The lowest BCUT2D eigenvalue weighted by atomic mass is 10.1. The molecule has 3 N–H and O–H groups in total. The fourth-order valence-electron chi connectivity index (χ4n) is 2.37. The van der Waals surface area contributed by atoms with Crippen molar-refractivity contribution in [2.45, 2.75) is 31.8 Å². The van der Waals surface area contributed by atoms with Gasteiger partial charge in [0.25, 0.3) is 0 Å². The van der Waals surface area contributed by atoms with Crippen molar-refractivity contribution in [2.75, 3.05) is 26.7 Å². The van der Waals surface area contributed by atoms with Crippen molar-refractivity contribution in [3.8, 4) is 11.5 Å². The third-order valence-corrected chi connectivity index (χ3v) is 3.44. The number of nitrogens with two attached hydrogens (primary N) is 1. The molecule has 4 heteroatoms. The Morgan fingerprint density at radius 3 is 2.95 bits per heavy atom. The summed E-state index contributed by atoms with van der Waals surface area (Å²) in [4.78, 5) is 0. The van der Waals surface area contributed by atoms with E-state index in [2.05, 4.69) is 17.4 Å². The van der Waals surface area contributed by atoms with Gasteiger partial charge in [0, 0.05) is 6.54 Å². The van der Waals surface area contributed by atoms with E-state index in [0.717, 1.165) is 50.4 Å². The maximum Gasteiger partial charge on any atom is 0.161 e. The Kier molecular flexibility index (Phi) is 5.48. The molecule has 0 amide bonds. The van der Waals surface area contributed by atoms with Crippen LogP contribution < -0.4 is 20.5 Å². The van der Waals surface area contributed by atoms with Crippen molar-refractivity contribution in [3.05, 3.63) is 23.8 Å². The molecular weight excluding hydrogens is 240 g/mol. The summed E-state index contributed by atoms with van der Waals surface area (Å²) in [6.07, 6.45) is 4.49. The van der Waals surface area contributed by atoms with Gasteiger partial charge >= 0.3 is 0 Å². The van der Waals surface area contributed by atoms with Crippen molar-refractivity contribution in [1.82, 2.24) is 5.32 Å². The Labute approximate surface area is 115 Å². The average molecular weight is 264 g/mol. The zero-order valence-electron chi connectivity index (χ0n) is 11.7. The van der Waals surface area contributed by atoms with E-state index in [1.54, 1.807) is 7.11 Å². The SMILES string of the molecule is COc1ccc(CCCN)cc1OC1CCCNC1. The quantitative estimate of drug-likeness (QED) is 0.821. The number of rotatable bonds is 6. The summed E-state index contributed by atoms with van der Waals surface area (Å²) in [5.41, 5.74) is 6.81. The Hall–Kier alpha value is -1.26. The van der Waals surface area contributed by atoms with Gasteiger partial charge in [-0.2, -0.15) is 0 Å². The Bertz CT molecular complexity index is 390. The standard InChI is InChI=1S/C15H24N2O2/c1-18-14-7-6-12(4-2-8-16)10-15(14)19-13-5-3-9-17-11-13/h6-7,10,13,17H,2-5,8-9,11,16H2,1H3. The van der Waals surface area contributed by atoms with Gasteiger partial charge in [0.1, 0.15) is 6.10 Å². The Balaban J connectivity index is 2.06. The number of benzene rings is 1. The first kappa shape index (κ1) is 14.2. The molecule has 1 fully saturated rings. The molecule has 1 saturated heterocycles. The minimum Gasteiger partial charge on any atom is -0.493 e. The molecule has 1 unspecified atom stereocenters. The molecule has 0 radical (unpaired) electrons. The molecule has 1 aromatic carbocycles. The molecule has 0 spiro atoms. The van der Waals surface area contributed by atoms with Crippen molar-refractivity contribution in [2.24, 2.45) is 5.73 Å². The first-order chi connectivity index (χ1) is 9.33. The van der Waals surface area contributed by atoms with Crippen LogP contribution >= 0.6 is 0 Å². The predicted molar refractivity (Wildman–Crippen MR) is 76.9 cm³/mol. The van der Waals surface area contributed by atoms with Crippen LogP contribution in [0.5, 0.6) is 11.5 Å². The van der Waals surface area contributed by atoms with Crippen LogP contribution in [0.2, 0.25) is 0 Å². The lowest BCUT2D eigenvalue weighted by molar-refractivity contribution is 0.161. The van der Waals surface area contributed by atoms with E-state index >= 15 is 0 Å². The van der Waals surface area contributed by atoms with Gasteiger partial charge in [-0.05, 0) is 56.5 Å². The molecule has 1 atom stereocenters. The highest BCUT2D eigenvalue weighted by Crippen LogP contribution is 2.30. The molecule has 0 saturated carbocycles. The summed E-state index contributed by atoms with van der Waals surface area (Å²) >= 11 is 0. The molecule has 2 rings (SSSR count). The average Bonchev–Trinajstić information content (AvgIpc) is 2.46. The predicted octanol–water partition coefficient (Wildman–Crippen LogP) is 1.72. The topological polar surface area (TPSA) is 56.5 Å². The van der Waals surface area contributed by atoms with Crippen LogP contribution in [0.4, 0.5) is 0 Å². The fraction of sp³-hybridized carbons (Fsp3) is 0.600. The van der Waals surface area contributed by atoms with Crippen LogP contribution in [-0.4, -0.2) is 32.8 Å². The number of hydrogen-bond donors (Lipinski definition) is 2. The summed E-state index contributed by atoms with van der Waals surface area (Å²) in [5.74, 6) is 1.66. The smallest absolute Gasteiger partial charge is 0.161 e. The molecule has 0 bridgehead atoms. The summed E-state index contributed by atoms with van der Waals surface area (Å²) in [7, 11) is 1.68. The Morgan fingerprint density at radius 2 is 2.26 bits per heavy atom. The summed E-state index contributed by atoms with van der Waals surface area (Å²) < 4.78 is 11.5. The van der Waals surface area contributed by atoms with E-state index in [0.29, 0.717) is 0 Å². The molecule has 4 nitrogen and oxygen atoms in total. The highest BCUT2D eigenvalue weighted by molar-refractivity contribution is 5.43. The third kappa shape index (κ3) is 4.11. The van der Waals surface area contributed by atoms with Gasteiger partial charge in [-0.1, -0.05) is 6.07 Å². The lowest BCUT2D eigenvalue weighted by Gasteiger charge is -2.25. The van der Waals surface area contributed by atoms with Crippen LogP contribution in [0.25, 0.3) is 0 Å². The number of hydrogen-bond acceptors (Lipinski definition) is 4. The van der Waals surface area contributed by atoms with Gasteiger partial charge in [-0.3, -0.25) is 0 Å². The van der Waals surface area contributed by atoms with Gasteiger partial charge in [0.2, 0.25) is 0 Å². The summed E-state index contributed by atoms with van der Waals surface area (Å²) in [6.45, 7) is 2.72. The molecule has 1 heterocycles. The molecule has 106 valence electrons. The van der Waals surface area contributed by atoms with E-state index in [4.69, 9.17) is 15.2 Å². The minimum atomic E-state index is 0.243. The zero-order chi connectivity index (χ0) is 13.5. The number of methoxy groups -OCH3 is 1. The largest absolute Gasteiger partial charge is 0.493 e. The van der Waals surface area contributed by atoms with Crippen LogP contribution in [0.3, 0.4) is 0 Å². The number of piperidine rings is 1. The van der Waals surface area contributed by atoms with E-state index in [-0.39, 0.29) is 6.10 Å². The molecule has 1 aromatic rings. The highest BCUT2D eigenvalue weighted by atomic mass is 16.5. The third-order valence-electron chi connectivity index (χ3n) is 3.44. The van der Waals surface area contributed by atoms with Gasteiger partial charge in [0.15, 0.2) is 11.5 Å². The second-order valence-electron chi connectivity index (χ2n) is 4.96. The number of aryl methyl sites for hydroxylation is 1. The van der Waals surface area contributed by atoms with Crippen molar-refractivity contribution >= 4 is 0 Å². The van der Waals surface area contributed by atoms with Crippen molar-refractivity contribution in [3.63, 3.8) is 0 Å². The normalized spacial score (nSPS) is 19.2. The first-order valence-electron chi connectivity index (χ1n) is 7.08. The van der Waals surface area contributed by atoms with Crippen LogP contribution in [0.1, 0.15) is 24.8 Å². The highest BCUT2D eigenvalue weighted by Gasteiger charge is 2.16. The number of nitrogens with one attached hydrogen (secondary N) is 1. The molecule has 1 aliphatic rings. The molecule has 1 aliphatic heterocycles. The molecule has 0 aromatic heterocycles. The van der Waals surface area contributed by atoms with Crippen LogP contribution in [0, 0.1) is 0 Å². The fourth-order valence-corrected chi connectivity index (χ4v) is 2.37. The molecule has 19 heavy (non-hydrogen) atoms. The van der Waals surface area contributed by atoms with Crippen LogP contribution in [0.15, 0.2) is 18.2 Å². The van der Waals surface area contributed by atoms with Gasteiger partial charge in [-0.25, -0.2) is 0 Å². The Morgan fingerprint density at radius 1 is 1.37 bits per heavy atom.